The highest BCUT2D eigenvalue weighted by atomic mass is 35.5. The summed E-state index contributed by atoms with van der Waals surface area (Å²) in [5.74, 6) is -0.153. The monoisotopic (exact) mass is 314 g/mol. The first-order chi connectivity index (χ1) is 9.51. The molecule has 0 radical (unpaired) electrons. The number of methoxy groups -OCH3 is 1. The first kappa shape index (κ1) is 15.0. The molecule has 0 aromatic heterocycles. The molecule has 2 rings (SSSR count). The van der Waals surface area contributed by atoms with E-state index >= 15 is 0 Å². The Kier molecular flexibility index (Phi) is 4.77. The van der Waals surface area contributed by atoms with Crippen LogP contribution >= 0.6 is 24.2 Å². The predicted molar refractivity (Wildman–Crippen MR) is 78.6 cm³/mol. The maximum atomic E-state index is 12.4. The molecule has 1 heterocycles. The smallest absolute Gasteiger partial charge is 0.407 e. The van der Waals surface area contributed by atoms with Crippen molar-refractivity contribution >= 4 is 36.2 Å². The highest BCUT2D eigenvalue weighted by Gasteiger charge is 2.29. The number of alkyl carbamates (subject to hydrolysis) is 1. The molecule has 0 spiro atoms. The number of hydrogen-bond donors (Lipinski definition) is 2. The summed E-state index contributed by atoms with van der Waals surface area (Å²) in [6.07, 6.45) is 0.207. The molecule has 0 saturated carbocycles. The summed E-state index contributed by atoms with van der Waals surface area (Å²) >= 11 is 10.3. The quantitative estimate of drug-likeness (QED) is 0.823. The van der Waals surface area contributed by atoms with Crippen LogP contribution in [0.4, 0.5) is 4.79 Å². The van der Waals surface area contributed by atoms with Crippen LogP contribution in [-0.4, -0.2) is 43.1 Å². The highest BCUT2D eigenvalue weighted by molar-refractivity contribution is 7.80. The number of thiol groups is 1. The summed E-state index contributed by atoms with van der Waals surface area (Å²) in [7, 11) is 1.31. The second-order valence-corrected chi connectivity index (χ2v) is 5.46. The van der Waals surface area contributed by atoms with E-state index in [9.17, 15) is 9.59 Å². The van der Waals surface area contributed by atoms with E-state index in [1.165, 1.54) is 7.11 Å². The largest absolute Gasteiger partial charge is 0.453 e. The van der Waals surface area contributed by atoms with E-state index in [2.05, 4.69) is 22.7 Å². The molecule has 1 fully saturated rings. The van der Waals surface area contributed by atoms with Gasteiger partial charge in [0.25, 0.3) is 5.91 Å². The minimum atomic E-state index is -0.486. The van der Waals surface area contributed by atoms with Crippen LogP contribution in [0.3, 0.4) is 0 Å². The molecule has 0 aliphatic carbocycles. The molecule has 5 nitrogen and oxygen atoms in total. The molecule has 1 unspecified atom stereocenters. The molecule has 1 N–H and O–H groups in total. The molecule has 1 aromatic carbocycles. The van der Waals surface area contributed by atoms with Gasteiger partial charge in [0.05, 0.1) is 23.7 Å². The number of carbonyl (C=O) groups excluding carboxylic acids is 2. The van der Waals surface area contributed by atoms with Crippen LogP contribution in [0, 0.1) is 0 Å². The molecular weight excluding hydrogens is 300 g/mol. The van der Waals surface area contributed by atoms with Crippen molar-refractivity contribution < 1.29 is 14.3 Å². The standard InChI is InChI=1S/C13H15ClN2O3S/c1-19-13(18)15-8-4-5-16(7-8)12(17)10-6-9(20)2-3-11(10)14/h2-3,6,8,20H,4-5,7H2,1H3,(H,15,18). The van der Waals surface area contributed by atoms with E-state index in [-0.39, 0.29) is 11.9 Å². The predicted octanol–water partition coefficient (Wildman–Crippen LogP) is 2.20. The van der Waals surface area contributed by atoms with Crippen molar-refractivity contribution in [3.63, 3.8) is 0 Å². The van der Waals surface area contributed by atoms with Gasteiger partial charge in [-0.3, -0.25) is 4.79 Å². The fourth-order valence-corrected chi connectivity index (χ4v) is 2.54. The SMILES string of the molecule is COC(=O)NC1CCN(C(=O)c2cc(S)ccc2Cl)C1. The number of amides is 2. The zero-order chi connectivity index (χ0) is 14.7. The van der Waals surface area contributed by atoms with Crippen molar-refractivity contribution in [2.45, 2.75) is 17.4 Å². The Labute approximate surface area is 127 Å². The second kappa shape index (κ2) is 6.37. The number of benzene rings is 1. The number of ether oxygens (including phenoxy) is 1. The van der Waals surface area contributed by atoms with E-state index < -0.39 is 6.09 Å². The number of halogens is 1. The summed E-state index contributed by atoms with van der Waals surface area (Å²) in [4.78, 5) is 25.9. The van der Waals surface area contributed by atoms with Gasteiger partial charge in [-0.25, -0.2) is 4.79 Å². The molecule has 20 heavy (non-hydrogen) atoms. The van der Waals surface area contributed by atoms with Gasteiger partial charge in [-0.1, -0.05) is 11.6 Å². The maximum absolute atomic E-state index is 12.4. The minimum absolute atomic E-state index is 0.0932. The van der Waals surface area contributed by atoms with Crippen LogP contribution in [0.25, 0.3) is 0 Å². The number of nitrogens with one attached hydrogen (secondary N) is 1. The maximum Gasteiger partial charge on any atom is 0.407 e. The Balaban J connectivity index is 2.04. The molecule has 1 aliphatic heterocycles. The molecule has 1 saturated heterocycles. The molecule has 0 bridgehead atoms. The zero-order valence-electron chi connectivity index (χ0n) is 10.9. The molecular formula is C13H15ClN2O3S. The third kappa shape index (κ3) is 3.37. The van der Waals surface area contributed by atoms with Gasteiger partial charge in [0.1, 0.15) is 0 Å². The lowest BCUT2D eigenvalue weighted by atomic mass is 10.2. The highest BCUT2D eigenvalue weighted by Crippen LogP contribution is 2.23. The van der Waals surface area contributed by atoms with Crippen LogP contribution in [0.2, 0.25) is 5.02 Å². The van der Waals surface area contributed by atoms with Crippen LogP contribution in [0.1, 0.15) is 16.8 Å². The number of carbonyl (C=O) groups is 2. The lowest BCUT2D eigenvalue weighted by molar-refractivity contribution is 0.0788. The Hall–Kier alpha value is -1.40. The molecule has 1 aliphatic rings. The fraction of sp³-hybridized carbons (Fsp3) is 0.385. The average molecular weight is 315 g/mol. The van der Waals surface area contributed by atoms with Gasteiger partial charge in [-0.05, 0) is 24.6 Å². The van der Waals surface area contributed by atoms with E-state index in [1.54, 1.807) is 23.1 Å². The molecule has 7 heteroatoms. The number of likely N-dealkylation sites (tertiary alicyclic amines) is 1. The third-order valence-corrected chi connectivity index (χ3v) is 3.77. The normalized spacial score (nSPS) is 17.9. The third-order valence-electron chi connectivity index (χ3n) is 3.16. The van der Waals surface area contributed by atoms with Gasteiger partial charge in [-0.2, -0.15) is 0 Å². The van der Waals surface area contributed by atoms with Gasteiger partial charge in [0.2, 0.25) is 0 Å². The van der Waals surface area contributed by atoms with E-state index in [1.807, 2.05) is 0 Å². The Bertz CT molecular complexity index is 538. The molecule has 1 atom stereocenters. The summed E-state index contributed by atoms with van der Waals surface area (Å²) < 4.78 is 4.54. The Morgan fingerprint density at radius 3 is 2.95 bits per heavy atom. The van der Waals surface area contributed by atoms with Crippen LogP contribution in [0.5, 0.6) is 0 Å². The van der Waals surface area contributed by atoms with Gasteiger partial charge in [0.15, 0.2) is 0 Å². The second-order valence-electron chi connectivity index (χ2n) is 4.54. The summed E-state index contributed by atoms with van der Waals surface area (Å²) in [5.41, 5.74) is 0.429. The number of hydrogen-bond acceptors (Lipinski definition) is 4. The van der Waals surface area contributed by atoms with Gasteiger partial charge in [-0.15, -0.1) is 12.6 Å². The van der Waals surface area contributed by atoms with Crippen molar-refractivity contribution in [3.05, 3.63) is 28.8 Å². The Morgan fingerprint density at radius 1 is 1.50 bits per heavy atom. The fourth-order valence-electron chi connectivity index (χ4n) is 2.14. The van der Waals surface area contributed by atoms with Gasteiger partial charge < -0.3 is 15.0 Å². The molecule has 108 valence electrons. The first-order valence-electron chi connectivity index (χ1n) is 6.13. The van der Waals surface area contributed by atoms with Crippen molar-refractivity contribution in [1.29, 1.82) is 0 Å². The molecule has 2 amide bonds. The average Bonchev–Trinajstić information content (AvgIpc) is 2.89. The lowest BCUT2D eigenvalue weighted by Gasteiger charge is -2.17. The van der Waals surface area contributed by atoms with E-state index in [0.717, 1.165) is 0 Å². The van der Waals surface area contributed by atoms with E-state index in [4.69, 9.17) is 11.6 Å². The number of nitrogens with zero attached hydrogens (tertiary/aromatic N) is 1. The van der Waals surface area contributed by atoms with Gasteiger partial charge in [0, 0.05) is 18.0 Å². The summed E-state index contributed by atoms with van der Waals surface area (Å²) in [6.45, 7) is 1.02. The van der Waals surface area contributed by atoms with Crippen LogP contribution < -0.4 is 5.32 Å². The topological polar surface area (TPSA) is 58.6 Å². The number of rotatable bonds is 2. The van der Waals surface area contributed by atoms with Gasteiger partial charge >= 0.3 is 6.09 Å². The molecule has 1 aromatic rings. The van der Waals surface area contributed by atoms with Crippen molar-refractivity contribution in [2.24, 2.45) is 0 Å². The minimum Gasteiger partial charge on any atom is -0.453 e. The van der Waals surface area contributed by atoms with Crippen molar-refractivity contribution in [2.75, 3.05) is 20.2 Å². The Morgan fingerprint density at radius 2 is 2.25 bits per heavy atom. The zero-order valence-corrected chi connectivity index (χ0v) is 12.6. The summed E-state index contributed by atoms with van der Waals surface area (Å²) in [6, 6.07) is 4.93. The van der Waals surface area contributed by atoms with Crippen LogP contribution in [0.15, 0.2) is 23.1 Å². The van der Waals surface area contributed by atoms with Crippen molar-refractivity contribution in [1.82, 2.24) is 10.2 Å². The first-order valence-corrected chi connectivity index (χ1v) is 6.96. The lowest BCUT2D eigenvalue weighted by Crippen LogP contribution is -2.38. The van der Waals surface area contributed by atoms with Crippen molar-refractivity contribution in [3.8, 4) is 0 Å². The van der Waals surface area contributed by atoms with E-state index in [0.29, 0.717) is 35.0 Å². The van der Waals surface area contributed by atoms with Crippen LogP contribution in [-0.2, 0) is 4.74 Å². The summed E-state index contributed by atoms with van der Waals surface area (Å²) in [5, 5.41) is 3.09.